The molecule has 0 unspecified atom stereocenters. The molecule has 1 aromatic heterocycles. The van der Waals surface area contributed by atoms with E-state index in [1.54, 1.807) is 20.8 Å². The zero-order valence-corrected chi connectivity index (χ0v) is 13.9. The number of ether oxygens (including phenoxy) is 1. The lowest BCUT2D eigenvalue weighted by Crippen LogP contribution is -2.37. The minimum atomic E-state index is -1.15. The van der Waals surface area contributed by atoms with Crippen LogP contribution in [-0.4, -0.2) is 27.8 Å². The summed E-state index contributed by atoms with van der Waals surface area (Å²) in [7, 11) is 0. The van der Waals surface area contributed by atoms with Crippen LogP contribution >= 0.6 is 0 Å². The third-order valence-electron chi connectivity index (χ3n) is 3.07. The van der Waals surface area contributed by atoms with Crippen LogP contribution in [-0.2, 0) is 11.3 Å². The highest BCUT2D eigenvalue weighted by molar-refractivity contribution is 5.98. The van der Waals surface area contributed by atoms with Gasteiger partial charge in [0.05, 0.1) is 6.54 Å². The average molecular weight is 328 g/mol. The highest BCUT2D eigenvalue weighted by Crippen LogP contribution is 2.22. The van der Waals surface area contributed by atoms with E-state index >= 15 is 0 Å². The maximum Gasteiger partial charge on any atom is 0.416 e. The van der Waals surface area contributed by atoms with E-state index in [0.29, 0.717) is 0 Å². The van der Waals surface area contributed by atoms with Crippen molar-refractivity contribution in [2.45, 2.75) is 32.9 Å². The van der Waals surface area contributed by atoms with Crippen LogP contribution in [0.3, 0.4) is 0 Å². The Kier molecular flexibility index (Phi) is 5.18. The van der Waals surface area contributed by atoms with Gasteiger partial charge in [-0.15, -0.1) is 0 Å². The molecule has 0 aliphatic rings. The van der Waals surface area contributed by atoms with Gasteiger partial charge < -0.3 is 9.84 Å². The molecular weight excluding hydrogens is 308 g/mol. The van der Waals surface area contributed by atoms with E-state index in [1.165, 1.54) is 23.2 Å². The minimum Gasteiger partial charge on any atom is -0.478 e. The van der Waals surface area contributed by atoms with Crippen molar-refractivity contribution >= 4 is 17.9 Å². The lowest BCUT2D eigenvalue weighted by molar-refractivity contribution is 0.0576. The fourth-order valence-corrected chi connectivity index (χ4v) is 2.09. The number of hydrogen-bond donors (Lipinski definition) is 1. The van der Waals surface area contributed by atoms with Crippen LogP contribution in [0, 0.1) is 0 Å². The van der Waals surface area contributed by atoms with Gasteiger partial charge in [0, 0.05) is 6.20 Å². The summed E-state index contributed by atoms with van der Waals surface area (Å²) in [6, 6.07) is 12.2. The van der Waals surface area contributed by atoms with Crippen LogP contribution in [0.2, 0.25) is 0 Å². The first-order valence-electron chi connectivity index (χ1n) is 7.50. The van der Waals surface area contributed by atoms with Gasteiger partial charge in [0.1, 0.15) is 11.2 Å². The highest BCUT2D eigenvalue weighted by Gasteiger charge is 2.27. The number of carboxylic acids is 1. The molecule has 1 aromatic carbocycles. The van der Waals surface area contributed by atoms with Gasteiger partial charge in [-0.3, -0.25) is 4.90 Å². The fourth-order valence-electron chi connectivity index (χ4n) is 2.09. The molecule has 0 atom stereocenters. The van der Waals surface area contributed by atoms with Gasteiger partial charge in [-0.05, 0) is 38.5 Å². The molecule has 0 spiro atoms. The Morgan fingerprint density at radius 1 is 1.12 bits per heavy atom. The monoisotopic (exact) mass is 328 g/mol. The van der Waals surface area contributed by atoms with Crippen molar-refractivity contribution in [3.8, 4) is 0 Å². The number of benzene rings is 1. The van der Waals surface area contributed by atoms with Crippen molar-refractivity contribution in [3.05, 3.63) is 59.8 Å². The Morgan fingerprint density at radius 2 is 1.79 bits per heavy atom. The van der Waals surface area contributed by atoms with Crippen molar-refractivity contribution in [1.82, 2.24) is 4.98 Å². The SMILES string of the molecule is CC(C)(C)OC(=O)N(Cc1ccccc1)c1ncccc1C(=O)O. The first-order chi connectivity index (χ1) is 11.3. The number of carboxylic acid groups (broad SMARTS) is 1. The molecule has 6 heteroatoms. The number of carbonyl (C=O) groups excluding carboxylic acids is 1. The maximum atomic E-state index is 12.6. The van der Waals surface area contributed by atoms with Crippen LogP contribution in [0.5, 0.6) is 0 Å². The van der Waals surface area contributed by atoms with Gasteiger partial charge in [-0.25, -0.2) is 14.6 Å². The molecule has 126 valence electrons. The molecule has 1 N–H and O–H groups in total. The zero-order chi connectivity index (χ0) is 17.7. The van der Waals surface area contributed by atoms with Crippen LogP contribution in [0.4, 0.5) is 10.6 Å². The Bertz CT molecular complexity index is 723. The Balaban J connectivity index is 2.43. The quantitative estimate of drug-likeness (QED) is 0.925. The average Bonchev–Trinajstić information content (AvgIpc) is 2.52. The van der Waals surface area contributed by atoms with Gasteiger partial charge in [-0.1, -0.05) is 30.3 Å². The van der Waals surface area contributed by atoms with Crippen molar-refractivity contribution in [2.24, 2.45) is 0 Å². The number of rotatable bonds is 4. The molecule has 0 radical (unpaired) electrons. The van der Waals surface area contributed by atoms with Crippen molar-refractivity contribution in [1.29, 1.82) is 0 Å². The zero-order valence-electron chi connectivity index (χ0n) is 13.9. The van der Waals surface area contributed by atoms with Gasteiger partial charge >= 0.3 is 12.1 Å². The van der Waals surface area contributed by atoms with Crippen LogP contribution in [0.25, 0.3) is 0 Å². The van der Waals surface area contributed by atoms with E-state index < -0.39 is 17.7 Å². The molecule has 0 bridgehead atoms. The fraction of sp³-hybridized carbons (Fsp3) is 0.278. The number of aromatic carboxylic acids is 1. The molecule has 0 aliphatic heterocycles. The lowest BCUT2D eigenvalue weighted by Gasteiger charge is -2.27. The van der Waals surface area contributed by atoms with Crippen LogP contribution in [0.1, 0.15) is 36.7 Å². The summed E-state index contributed by atoms with van der Waals surface area (Å²) in [5.41, 5.74) is 0.0779. The molecule has 0 aliphatic carbocycles. The van der Waals surface area contributed by atoms with Gasteiger partial charge in [0.2, 0.25) is 0 Å². The number of pyridine rings is 1. The maximum absolute atomic E-state index is 12.6. The number of anilines is 1. The summed E-state index contributed by atoms with van der Waals surface area (Å²) >= 11 is 0. The van der Waals surface area contributed by atoms with E-state index in [1.807, 2.05) is 30.3 Å². The van der Waals surface area contributed by atoms with Crippen LogP contribution < -0.4 is 4.90 Å². The van der Waals surface area contributed by atoms with E-state index in [4.69, 9.17) is 4.74 Å². The van der Waals surface area contributed by atoms with Crippen LogP contribution in [0.15, 0.2) is 48.7 Å². The van der Waals surface area contributed by atoms with Crippen molar-refractivity contribution < 1.29 is 19.4 Å². The lowest BCUT2D eigenvalue weighted by atomic mass is 10.2. The Morgan fingerprint density at radius 3 is 2.38 bits per heavy atom. The molecule has 24 heavy (non-hydrogen) atoms. The molecule has 6 nitrogen and oxygen atoms in total. The molecule has 2 rings (SSSR count). The molecule has 0 saturated heterocycles. The molecule has 0 fully saturated rings. The second-order valence-corrected chi connectivity index (χ2v) is 6.23. The second-order valence-electron chi connectivity index (χ2n) is 6.23. The van der Waals surface area contributed by atoms with Crippen molar-refractivity contribution in [3.63, 3.8) is 0 Å². The van der Waals surface area contributed by atoms with E-state index in [2.05, 4.69) is 4.98 Å². The molecule has 1 amide bonds. The highest BCUT2D eigenvalue weighted by atomic mass is 16.6. The third-order valence-corrected chi connectivity index (χ3v) is 3.07. The summed E-state index contributed by atoms with van der Waals surface area (Å²) < 4.78 is 5.42. The third kappa shape index (κ3) is 4.55. The van der Waals surface area contributed by atoms with Gasteiger partial charge in [-0.2, -0.15) is 0 Å². The largest absolute Gasteiger partial charge is 0.478 e. The minimum absolute atomic E-state index is 0.0562. The predicted molar refractivity (Wildman–Crippen MR) is 90.1 cm³/mol. The summed E-state index contributed by atoms with van der Waals surface area (Å²) in [5, 5.41) is 9.38. The van der Waals surface area contributed by atoms with Crippen molar-refractivity contribution in [2.75, 3.05) is 4.90 Å². The predicted octanol–water partition coefficient (Wildman–Crippen LogP) is 3.72. The topological polar surface area (TPSA) is 79.7 Å². The summed E-state index contributed by atoms with van der Waals surface area (Å²) in [6.07, 6.45) is 0.803. The van der Waals surface area contributed by atoms with E-state index in [0.717, 1.165) is 5.56 Å². The number of nitrogens with zero attached hydrogens (tertiary/aromatic N) is 2. The molecule has 2 aromatic rings. The summed E-state index contributed by atoms with van der Waals surface area (Å²) in [6.45, 7) is 5.42. The van der Waals surface area contributed by atoms with Gasteiger partial charge in [0.25, 0.3) is 0 Å². The number of carbonyl (C=O) groups is 2. The normalized spacial score (nSPS) is 11.0. The molecular formula is C18H20N2O4. The summed E-state index contributed by atoms with van der Waals surface area (Å²) in [4.78, 5) is 29.4. The standard InChI is InChI=1S/C18H20N2O4/c1-18(2,3)24-17(23)20(12-13-8-5-4-6-9-13)15-14(16(21)22)10-7-11-19-15/h4-11H,12H2,1-3H3,(H,21,22). The first kappa shape index (κ1) is 17.5. The Hall–Kier alpha value is -2.89. The second kappa shape index (κ2) is 7.12. The molecule has 1 heterocycles. The van der Waals surface area contributed by atoms with E-state index in [9.17, 15) is 14.7 Å². The molecule has 0 saturated carbocycles. The number of hydrogen-bond acceptors (Lipinski definition) is 4. The van der Waals surface area contributed by atoms with Gasteiger partial charge in [0.15, 0.2) is 5.82 Å². The van der Waals surface area contributed by atoms with E-state index in [-0.39, 0.29) is 17.9 Å². The smallest absolute Gasteiger partial charge is 0.416 e. The first-order valence-corrected chi connectivity index (χ1v) is 7.50. The number of aromatic nitrogens is 1. The Labute approximate surface area is 140 Å². The summed E-state index contributed by atoms with van der Waals surface area (Å²) in [5.74, 6) is -1.09. The number of amides is 1.